The van der Waals surface area contributed by atoms with E-state index >= 15 is 0 Å². The van der Waals surface area contributed by atoms with E-state index in [1.165, 1.54) is 6.33 Å². The van der Waals surface area contributed by atoms with Crippen LogP contribution in [0, 0.1) is 10.1 Å². The molecule has 2 N–H and O–H groups in total. The lowest BCUT2D eigenvalue weighted by Gasteiger charge is -2.13. The first kappa shape index (κ1) is 16.5. The van der Waals surface area contributed by atoms with Gasteiger partial charge in [0.2, 0.25) is 11.6 Å². The number of benzene rings is 1. The fourth-order valence-corrected chi connectivity index (χ4v) is 1.90. The zero-order valence-electron chi connectivity index (χ0n) is 13.2. The Hall–Kier alpha value is -2.90. The summed E-state index contributed by atoms with van der Waals surface area (Å²) in [7, 11) is 1.57. The Morgan fingerprint density at radius 2 is 1.91 bits per heavy atom. The summed E-state index contributed by atoms with van der Waals surface area (Å²) in [6.07, 6.45) is 2.12. The second kappa shape index (κ2) is 7.39. The molecule has 122 valence electrons. The summed E-state index contributed by atoms with van der Waals surface area (Å²) in [4.78, 5) is 18.9. The second-order valence-corrected chi connectivity index (χ2v) is 4.98. The number of methoxy groups -OCH3 is 1. The summed E-state index contributed by atoms with van der Waals surface area (Å²) in [6, 6.07) is 7.10. The van der Waals surface area contributed by atoms with E-state index in [1.807, 2.05) is 13.8 Å². The van der Waals surface area contributed by atoms with E-state index in [1.54, 1.807) is 31.4 Å². The molecule has 1 atom stereocenters. The van der Waals surface area contributed by atoms with Gasteiger partial charge in [-0.1, -0.05) is 6.92 Å². The van der Waals surface area contributed by atoms with E-state index in [4.69, 9.17) is 4.74 Å². The molecule has 0 saturated carbocycles. The Morgan fingerprint density at radius 3 is 2.48 bits per heavy atom. The third-order valence-corrected chi connectivity index (χ3v) is 3.35. The van der Waals surface area contributed by atoms with Gasteiger partial charge in [0.05, 0.1) is 12.0 Å². The molecule has 0 aliphatic heterocycles. The first-order valence-corrected chi connectivity index (χ1v) is 7.22. The van der Waals surface area contributed by atoms with Crippen LogP contribution in [0.25, 0.3) is 0 Å². The van der Waals surface area contributed by atoms with Gasteiger partial charge in [0.15, 0.2) is 0 Å². The average Bonchev–Trinajstić information content (AvgIpc) is 2.55. The van der Waals surface area contributed by atoms with Crippen LogP contribution in [0.2, 0.25) is 0 Å². The average molecular weight is 317 g/mol. The van der Waals surface area contributed by atoms with Crippen molar-refractivity contribution >= 4 is 23.0 Å². The zero-order valence-corrected chi connectivity index (χ0v) is 13.2. The maximum absolute atomic E-state index is 11.4. The summed E-state index contributed by atoms with van der Waals surface area (Å²) in [5.74, 6) is 1.04. The standard InChI is InChI=1S/C15H19N5O3/c1-4-10(2)18-14-13(20(21)22)15(17-9-16-14)19-11-5-7-12(23-3)8-6-11/h5-10H,4H2,1-3H3,(H2,16,17,18,19). The third-order valence-electron chi connectivity index (χ3n) is 3.35. The van der Waals surface area contributed by atoms with Crippen molar-refractivity contribution in [2.75, 3.05) is 17.7 Å². The number of nitro groups is 1. The molecular formula is C15H19N5O3. The highest BCUT2D eigenvalue weighted by molar-refractivity contribution is 5.73. The second-order valence-electron chi connectivity index (χ2n) is 4.98. The minimum atomic E-state index is -0.490. The maximum Gasteiger partial charge on any atom is 0.353 e. The van der Waals surface area contributed by atoms with Crippen LogP contribution < -0.4 is 15.4 Å². The molecule has 0 aliphatic rings. The Kier molecular flexibility index (Phi) is 5.29. The van der Waals surface area contributed by atoms with Crippen LogP contribution in [-0.2, 0) is 0 Å². The summed E-state index contributed by atoms with van der Waals surface area (Å²) in [5, 5.41) is 17.4. The van der Waals surface area contributed by atoms with Gasteiger partial charge in [0, 0.05) is 11.7 Å². The highest BCUT2D eigenvalue weighted by Gasteiger charge is 2.23. The normalized spacial score (nSPS) is 11.6. The van der Waals surface area contributed by atoms with Gasteiger partial charge in [-0.2, -0.15) is 0 Å². The Morgan fingerprint density at radius 1 is 1.26 bits per heavy atom. The molecule has 2 aromatic rings. The first-order valence-electron chi connectivity index (χ1n) is 7.22. The van der Waals surface area contributed by atoms with Crippen molar-refractivity contribution in [3.05, 3.63) is 40.7 Å². The molecular weight excluding hydrogens is 298 g/mol. The van der Waals surface area contributed by atoms with Crippen molar-refractivity contribution in [2.24, 2.45) is 0 Å². The number of hydrogen-bond donors (Lipinski definition) is 2. The number of hydrogen-bond acceptors (Lipinski definition) is 7. The van der Waals surface area contributed by atoms with E-state index in [0.717, 1.165) is 6.42 Å². The molecule has 8 nitrogen and oxygen atoms in total. The maximum atomic E-state index is 11.4. The van der Waals surface area contributed by atoms with Crippen molar-refractivity contribution in [2.45, 2.75) is 26.3 Å². The summed E-state index contributed by atoms with van der Waals surface area (Å²) in [6.45, 7) is 3.92. The molecule has 2 rings (SSSR count). The van der Waals surface area contributed by atoms with Crippen LogP contribution in [0.3, 0.4) is 0 Å². The van der Waals surface area contributed by atoms with Gasteiger partial charge in [-0.05, 0) is 37.6 Å². The zero-order chi connectivity index (χ0) is 16.8. The largest absolute Gasteiger partial charge is 0.497 e. The van der Waals surface area contributed by atoms with Gasteiger partial charge in [0.1, 0.15) is 12.1 Å². The van der Waals surface area contributed by atoms with Crippen molar-refractivity contribution in [3.63, 3.8) is 0 Å². The van der Waals surface area contributed by atoms with Gasteiger partial charge < -0.3 is 15.4 Å². The predicted molar refractivity (Wildman–Crippen MR) is 88.3 cm³/mol. The fourth-order valence-electron chi connectivity index (χ4n) is 1.90. The number of aromatic nitrogens is 2. The minimum Gasteiger partial charge on any atom is -0.497 e. The number of nitrogens with one attached hydrogen (secondary N) is 2. The van der Waals surface area contributed by atoms with Gasteiger partial charge >= 0.3 is 5.69 Å². The molecule has 0 saturated heterocycles. The van der Waals surface area contributed by atoms with Crippen LogP contribution in [0.4, 0.5) is 23.0 Å². The monoisotopic (exact) mass is 317 g/mol. The lowest BCUT2D eigenvalue weighted by Crippen LogP contribution is -2.16. The van der Waals surface area contributed by atoms with E-state index in [9.17, 15) is 10.1 Å². The smallest absolute Gasteiger partial charge is 0.353 e. The Bertz CT molecular complexity index is 675. The molecule has 0 spiro atoms. The predicted octanol–water partition coefficient (Wildman–Crippen LogP) is 3.35. The molecule has 1 aromatic heterocycles. The van der Waals surface area contributed by atoms with Crippen molar-refractivity contribution in [3.8, 4) is 5.75 Å². The third kappa shape index (κ3) is 4.06. The fraction of sp³-hybridized carbons (Fsp3) is 0.333. The number of nitrogens with zero attached hydrogens (tertiary/aromatic N) is 3. The van der Waals surface area contributed by atoms with Crippen molar-refractivity contribution in [1.82, 2.24) is 9.97 Å². The van der Waals surface area contributed by atoms with Crippen LogP contribution in [0.5, 0.6) is 5.75 Å². The van der Waals surface area contributed by atoms with Crippen LogP contribution in [-0.4, -0.2) is 28.0 Å². The molecule has 1 unspecified atom stereocenters. The summed E-state index contributed by atoms with van der Waals surface area (Å²) < 4.78 is 5.08. The van der Waals surface area contributed by atoms with Gasteiger partial charge in [0.25, 0.3) is 0 Å². The van der Waals surface area contributed by atoms with E-state index in [2.05, 4.69) is 20.6 Å². The van der Waals surface area contributed by atoms with Crippen LogP contribution in [0.15, 0.2) is 30.6 Å². The lowest BCUT2D eigenvalue weighted by atomic mass is 10.2. The van der Waals surface area contributed by atoms with Gasteiger partial charge in [-0.25, -0.2) is 9.97 Å². The molecule has 23 heavy (non-hydrogen) atoms. The van der Waals surface area contributed by atoms with Crippen LogP contribution in [0.1, 0.15) is 20.3 Å². The first-order chi connectivity index (χ1) is 11.0. The Labute approximate surface area is 134 Å². The van der Waals surface area contributed by atoms with Gasteiger partial charge in [-0.3, -0.25) is 10.1 Å². The highest BCUT2D eigenvalue weighted by atomic mass is 16.6. The summed E-state index contributed by atoms with van der Waals surface area (Å²) >= 11 is 0. The van der Waals surface area contributed by atoms with E-state index in [-0.39, 0.29) is 23.4 Å². The SMILES string of the molecule is CCC(C)Nc1ncnc(Nc2ccc(OC)cc2)c1[N+](=O)[O-]. The molecule has 0 amide bonds. The van der Waals surface area contributed by atoms with Gasteiger partial charge in [-0.15, -0.1) is 0 Å². The summed E-state index contributed by atoms with van der Waals surface area (Å²) in [5.41, 5.74) is 0.491. The van der Waals surface area contributed by atoms with E-state index < -0.39 is 4.92 Å². The van der Waals surface area contributed by atoms with Crippen LogP contribution >= 0.6 is 0 Å². The topological polar surface area (TPSA) is 102 Å². The van der Waals surface area contributed by atoms with E-state index in [0.29, 0.717) is 11.4 Å². The number of ether oxygens (including phenoxy) is 1. The highest BCUT2D eigenvalue weighted by Crippen LogP contribution is 2.32. The number of anilines is 3. The van der Waals surface area contributed by atoms with Crippen molar-refractivity contribution in [1.29, 1.82) is 0 Å². The lowest BCUT2D eigenvalue weighted by molar-refractivity contribution is -0.383. The molecule has 0 fully saturated rings. The quantitative estimate of drug-likeness (QED) is 0.596. The molecule has 0 bridgehead atoms. The van der Waals surface area contributed by atoms with Crippen molar-refractivity contribution < 1.29 is 9.66 Å². The molecule has 8 heteroatoms. The molecule has 1 aromatic carbocycles. The number of rotatable bonds is 7. The Balaban J connectivity index is 2.33. The molecule has 0 radical (unpaired) electrons. The minimum absolute atomic E-state index is 0.0671. The molecule has 0 aliphatic carbocycles. The molecule has 1 heterocycles.